The third-order valence-corrected chi connectivity index (χ3v) is 5.76. The zero-order valence-corrected chi connectivity index (χ0v) is 18.3. The van der Waals surface area contributed by atoms with Gasteiger partial charge in [0.2, 0.25) is 0 Å². The Labute approximate surface area is 171 Å². The summed E-state index contributed by atoms with van der Waals surface area (Å²) in [5.74, 6) is 0. The molecule has 0 unspecified atom stereocenters. The second-order valence-electron chi connectivity index (χ2n) is 7.54. The quantitative estimate of drug-likeness (QED) is 0.253. The first-order chi connectivity index (χ1) is 13.3. The van der Waals surface area contributed by atoms with Crippen molar-refractivity contribution in [3.05, 3.63) is 17.5 Å². The topological polar surface area (TPSA) is 38.3 Å². The van der Waals surface area contributed by atoms with E-state index in [-0.39, 0.29) is 6.09 Å². The molecular formula is C23H41NO2S. The lowest BCUT2D eigenvalue weighted by Gasteiger charge is -2.05. The van der Waals surface area contributed by atoms with Crippen LogP contribution in [0.2, 0.25) is 0 Å². The van der Waals surface area contributed by atoms with Gasteiger partial charge in [0.15, 0.2) is 0 Å². The van der Waals surface area contributed by atoms with Gasteiger partial charge >= 0.3 is 6.09 Å². The number of hydrogen-bond donors (Lipinski definition) is 1. The van der Waals surface area contributed by atoms with Gasteiger partial charge < -0.3 is 4.74 Å². The van der Waals surface area contributed by atoms with Crippen LogP contribution in [0.25, 0.3) is 0 Å². The number of anilines is 1. The van der Waals surface area contributed by atoms with E-state index in [0.29, 0.717) is 6.61 Å². The van der Waals surface area contributed by atoms with Gasteiger partial charge in [-0.3, -0.25) is 5.32 Å². The molecule has 0 saturated carbocycles. The third-order valence-electron chi connectivity index (χ3n) is 4.98. The van der Waals surface area contributed by atoms with E-state index in [1.165, 1.54) is 101 Å². The molecule has 3 nitrogen and oxygen atoms in total. The number of nitrogens with one attached hydrogen (secondary N) is 1. The first kappa shape index (κ1) is 24.0. The number of thiophene rings is 1. The highest BCUT2D eigenvalue weighted by Crippen LogP contribution is 2.15. The van der Waals surface area contributed by atoms with E-state index in [0.717, 1.165) is 17.8 Å². The highest BCUT2D eigenvalue weighted by atomic mass is 32.1. The van der Waals surface area contributed by atoms with Crippen LogP contribution in [-0.4, -0.2) is 12.7 Å². The molecule has 1 N–H and O–H groups in total. The minimum Gasteiger partial charge on any atom is -0.449 e. The Balaban J connectivity index is 1.71. The van der Waals surface area contributed by atoms with Crippen molar-refractivity contribution in [3.63, 3.8) is 0 Å². The van der Waals surface area contributed by atoms with Crippen molar-refractivity contribution in [2.45, 2.75) is 110 Å². The molecule has 0 bridgehead atoms. The molecule has 1 amide bonds. The number of hydrogen-bond acceptors (Lipinski definition) is 3. The number of carbonyl (C=O) groups is 1. The van der Waals surface area contributed by atoms with Crippen LogP contribution in [0.4, 0.5) is 9.80 Å². The Kier molecular flexibility index (Phi) is 16.3. The lowest BCUT2D eigenvalue weighted by Crippen LogP contribution is -2.13. The maximum absolute atomic E-state index is 11.5. The molecule has 0 aliphatic carbocycles. The van der Waals surface area contributed by atoms with Crippen LogP contribution in [0.15, 0.2) is 17.5 Å². The molecule has 4 heteroatoms. The summed E-state index contributed by atoms with van der Waals surface area (Å²) in [4.78, 5) is 11.5. The zero-order valence-electron chi connectivity index (χ0n) is 17.5. The average Bonchev–Trinajstić information content (AvgIpc) is 3.17. The number of ether oxygens (including phenoxy) is 1. The standard InChI is InChI=1S/C23H41NO2S/c1-2-3-4-5-6-7-8-9-10-11-12-13-14-15-16-17-20-26-23(25)24-22-19-18-21-27-22/h18-19,21H,2-17,20H2,1H3,(H,24,25). The maximum Gasteiger partial charge on any atom is 0.412 e. The van der Waals surface area contributed by atoms with E-state index in [1.54, 1.807) is 0 Å². The van der Waals surface area contributed by atoms with Crippen molar-refractivity contribution in [2.24, 2.45) is 0 Å². The smallest absolute Gasteiger partial charge is 0.412 e. The molecule has 0 atom stereocenters. The van der Waals surface area contributed by atoms with Gasteiger partial charge in [-0.1, -0.05) is 103 Å². The molecule has 0 saturated heterocycles. The Hall–Kier alpha value is -1.03. The number of rotatable bonds is 18. The Morgan fingerprint density at radius 3 is 1.74 bits per heavy atom. The fourth-order valence-electron chi connectivity index (χ4n) is 3.30. The summed E-state index contributed by atoms with van der Waals surface area (Å²) in [6.07, 6.45) is 21.3. The van der Waals surface area contributed by atoms with Crippen LogP contribution >= 0.6 is 11.3 Å². The number of carbonyl (C=O) groups excluding carboxylic acids is 1. The highest BCUT2D eigenvalue weighted by Gasteiger charge is 2.03. The highest BCUT2D eigenvalue weighted by molar-refractivity contribution is 7.14. The predicted molar refractivity (Wildman–Crippen MR) is 119 cm³/mol. The summed E-state index contributed by atoms with van der Waals surface area (Å²) in [7, 11) is 0. The van der Waals surface area contributed by atoms with Gasteiger partial charge in [-0.05, 0) is 23.9 Å². The van der Waals surface area contributed by atoms with E-state index in [1.807, 2.05) is 17.5 Å². The van der Waals surface area contributed by atoms with Crippen molar-refractivity contribution < 1.29 is 9.53 Å². The van der Waals surface area contributed by atoms with Gasteiger partial charge in [-0.25, -0.2) is 4.79 Å². The number of unbranched alkanes of at least 4 members (excludes halogenated alkanes) is 15. The van der Waals surface area contributed by atoms with Crippen LogP contribution in [-0.2, 0) is 4.74 Å². The van der Waals surface area contributed by atoms with Gasteiger partial charge in [-0.2, -0.15) is 0 Å². The minimum absolute atomic E-state index is 0.335. The Bertz CT molecular complexity index is 434. The Morgan fingerprint density at radius 2 is 1.30 bits per heavy atom. The summed E-state index contributed by atoms with van der Waals surface area (Å²) in [5, 5.41) is 5.51. The summed E-state index contributed by atoms with van der Waals surface area (Å²) in [5.41, 5.74) is 0. The van der Waals surface area contributed by atoms with E-state index in [2.05, 4.69) is 12.2 Å². The van der Waals surface area contributed by atoms with E-state index >= 15 is 0 Å². The van der Waals surface area contributed by atoms with Gasteiger partial charge in [0, 0.05) is 0 Å². The SMILES string of the molecule is CCCCCCCCCCCCCCCCCCOC(=O)Nc1cccs1. The molecule has 27 heavy (non-hydrogen) atoms. The molecule has 0 fully saturated rings. The summed E-state index contributed by atoms with van der Waals surface area (Å²) in [6.45, 7) is 2.80. The van der Waals surface area contributed by atoms with Crippen LogP contribution in [0.5, 0.6) is 0 Å². The first-order valence-electron chi connectivity index (χ1n) is 11.3. The molecule has 0 spiro atoms. The molecule has 0 radical (unpaired) electrons. The molecule has 156 valence electrons. The fourth-order valence-corrected chi connectivity index (χ4v) is 3.90. The lowest BCUT2D eigenvalue weighted by atomic mass is 10.0. The van der Waals surface area contributed by atoms with Crippen LogP contribution < -0.4 is 5.32 Å². The van der Waals surface area contributed by atoms with Gasteiger partial charge in [-0.15, -0.1) is 11.3 Å². The second-order valence-corrected chi connectivity index (χ2v) is 8.49. The molecular weight excluding hydrogens is 354 g/mol. The summed E-state index contributed by atoms with van der Waals surface area (Å²) in [6, 6.07) is 3.79. The van der Waals surface area contributed by atoms with Crippen molar-refractivity contribution in [3.8, 4) is 0 Å². The van der Waals surface area contributed by atoms with Gasteiger partial charge in [0.25, 0.3) is 0 Å². The van der Waals surface area contributed by atoms with E-state index < -0.39 is 0 Å². The zero-order chi connectivity index (χ0) is 19.4. The van der Waals surface area contributed by atoms with Crippen molar-refractivity contribution in [1.82, 2.24) is 0 Å². The molecule has 0 aliphatic heterocycles. The molecule has 1 rings (SSSR count). The average molecular weight is 396 g/mol. The second kappa shape index (κ2) is 18.3. The van der Waals surface area contributed by atoms with E-state index in [4.69, 9.17) is 4.74 Å². The Morgan fingerprint density at radius 1 is 0.815 bits per heavy atom. The molecule has 0 aliphatic rings. The van der Waals surface area contributed by atoms with Crippen molar-refractivity contribution >= 4 is 22.4 Å². The van der Waals surface area contributed by atoms with Crippen LogP contribution in [0, 0.1) is 0 Å². The molecule has 1 aromatic heterocycles. The van der Waals surface area contributed by atoms with Crippen LogP contribution in [0.1, 0.15) is 110 Å². The van der Waals surface area contributed by atoms with Gasteiger partial charge in [0.05, 0.1) is 11.6 Å². The first-order valence-corrected chi connectivity index (χ1v) is 12.2. The van der Waals surface area contributed by atoms with Crippen LogP contribution in [0.3, 0.4) is 0 Å². The predicted octanol–water partition coefficient (Wildman–Crippen LogP) is 8.56. The van der Waals surface area contributed by atoms with Crippen molar-refractivity contribution in [1.29, 1.82) is 0 Å². The third kappa shape index (κ3) is 15.7. The van der Waals surface area contributed by atoms with E-state index in [9.17, 15) is 4.79 Å². The monoisotopic (exact) mass is 395 g/mol. The molecule has 1 aromatic rings. The summed E-state index contributed by atoms with van der Waals surface area (Å²) >= 11 is 1.50. The fraction of sp³-hybridized carbons (Fsp3) is 0.783. The number of amides is 1. The maximum atomic E-state index is 11.5. The van der Waals surface area contributed by atoms with Gasteiger partial charge in [0.1, 0.15) is 0 Å². The largest absolute Gasteiger partial charge is 0.449 e. The summed E-state index contributed by atoms with van der Waals surface area (Å²) < 4.78 is 5.19. The lowest BCUT2D eigenvalue weighted by molar-refractivity contribution is 0.159. The van der Waals surface area contributed by atoms with Crippen molar-refractivity contribution in [2.75, 3.05) is 11.9 Å². The molecule has 1 heterocycles. The normalized spacial score (nSPS) is 10.9. The molecule has 0 aromatic carbocycles. The minimum atomic E-state index is -0.335.